The van der Waals surface area contributed by atoms with Crippen molar-refractivity contribution in [3.63, 3.8) is 0 Å². The average Bonchev–Trinajstić information content (AvgIpc) is 2.46. The Labute approximate surface area is 126 Å². The first-order chi connectivity index (χ1) is 10.1. The summed E-state index contributed by atoms with van der Waals surface area (Å²) in [4.78, 5) is 18.1. The zero-order chi connectivity index (χ0) is 15.2. The van der Waals surface area contributed by atoms with E-state index in [1.807, 2.05) is 0 Å². The van der Waals surface area contributed by atoms with Gasteiger partial charge in [-0.15, -0.1) is 0 Å². The van der Waals surface area contributed by atoms with E-state index in [1.54, 1.807) is 12.1 Å². The molecular weight excluding hydrogens is 266 g/mol. The van der Waals surface area contributed by atoms with E-state index in [0.717, 1.165) is 31.6 Å². The lowest BCUT2D eigenvalue weighted by molar-refractivity contribution is 0.0696. The van der Waals surface area contributed by atoms with E-state index in [2.05, 4.69) is 29.2 Å². The Morgan fingerprint density at radius 2 is 2.29 bits per heavy atom. The number of pyridine rings is 1. The predicted octanol–water partition coefficient (Wildman–Crippen LogP) is 2.63. The molecule has 0 aliphatic carbocycles. The van der Waals surface area contributed by atoms with Gasteiger partial charge in [0.25, 0.3) is 0 Å². The Morgan fingerprint density at radius 3 is 2.95 bits per heavy atom. The second-order valence-corrected chi connectivity index (χ2v) is 5.80. The summed E-state index contributed by atoms with van der Waals surface area (Å²) in [6.45, 7) is 4.02. The van der Waals surface area contributed by atoms with Crippen LogP contribution < -0.4 is 5.32 Å². The molecule has 1 atom stereocenters. The topological polar surface area (TPSA) is 65.5 Å². The molecule has 5 heteroatoms. The van der Waals surface area contributed by atoms with Gasteiger partial charge in [-0.2, -0.15) is 0 Å². The maximum Gasteiger partial charge on any atom is 0.335 e. The molecule has 0 amide bonds. The smallest absolute Gasteiger partial charge is 0.335 e. The van der Waals surface area contributed by atoms with Crippen LogP contribution in [0.4, 0.5) is 5.82 Å². The number of aromatic nitrogens is 1. The molecule has 0 bridgehead atoms. The van der Waals surface area contributed by atoms with Crippen molar-refractivity contribution >= 4 is 11.8 Å². The van der Waals surface area contributed by atoms with Crippen molar-refractivity contribution in [1.82, 2.24) is 9.88 Å². The van der Waals surface area contributed by atoms with Gasteiger partial charge in [0.15, 0.2) is 0 Å². The molecule has 0 radical (unpaired) electrons. The Balaban J connectivity index is 2.05. The van der Waals surface area contributed by atoms with Gasteiger partial charge < -0.3 is 15.3 Å². The van der Waals surface area contributed by atoms with Crippen molar-refractivity contribution in [3.05, 3.63) is 23.4 Å². The number of rotatable bonds is 6. The van der Waals surface area contributed by atoms with E-state index in [1.165, 1.54) is 19.3 Å². The number of aromatic carboxylic acids is 1. The van der Waals surface area contributed by atoms with Crippen LogP contribution in [-0.4, -0.2) is 47.1 Å². The molecule has 2 N–H and O–H groups in total. The third kappa shape index (κ3) is 4.43. The maximum absolute atomic E-state index is 11.2. The number of anilines is 1. The van der Waals surface area contributed by atoms with E-state index < -0.39 is 5.97 Å². The van der Waals surface area contributed by atoms with Crippen molar-refractivity contribution in [2.24, 2.45) is 0 Å². The number of carbonyl (C=O) groups is 1. The van der Waals surface area contributed by atoms with Crippen LogP contribution in [0.5, 0.6) is 0 Å². The minimum atomic E-state index is -0.896. The third-order valence-electron chi connectivity index (χ3n) is 4.07. The standard InChI is InChI=1S/C16H25N3O2/c1-3-6-13-9-12(16(20)21)10-15(18-13)17-11-14-7-4-5-8-19(14)2/h9-10,14H,3-8,11H2,1-2H3,(H,17,18)(H,20,21). The number of nitrogens with one attached hydrogen (secondary N) is 1. The van der Waals surface area contributed by atoms with Gasteiger partial charge in [-0.25, -0.2) is 9.78 Å². The Morgan fingerprint density at radius 1 is 1.48 bits per heavy atom. The fourth-order valence-corrected chi connectivity index (χ4v) is 2.81. The van der Waals surface area contributed by atoms with Crippen LogP contribution in [0, 0.1) is 0 Å². The first-order valence-corrected chi connectivity index (χ1v) is 7.78. The molecular formula is C16H25N3O2. The average molecular weight is 291 g/mol. The number of carboxylic acids is 1. The molecule has 2 rings (SSSR count). The fourth-order valence-electron chi connectivity index (χ4n) is 2.81. The molecule has 2 heterocycles. The molecule has 21 heavy (non-hydrogen) atoms. The third-order valence-corrected chi connectivity index (χ3v) is 4.07. The Kier molecular flexibility index (Phi) is 5.56. The minimum Gasteiger partial charge on any atom is -0.478 e. The van der Waals surface area contributed by atoms with E-state index in [9.17, 15) is 9.90 Å². The number of likely N-dealkylation sites (N-methyl/N-ethyl adjacent to an activating group) is 1. The van der Waals surface area contributed by atoms with Gasteiger partial charge in [0.05, 0.1) is 5.56 Å². The summed E-state index contributed by atoms with van der Waals surface area (Å²) in [7, 11) is 2.15. The van der Waals surface area contributed by atoms with E-state index in [-0.39, 0.29) is 0 Å². The number of aryl methyl sites for hydroxylation is 1. The zero-order valence-corrected chi connectivity index (χ0v) is 12.9. The normalized spacial score (nSPS) is 19.4. The molecule has 1 aromatic rings. The van der Waals surface area contributed by atoms with Gasteiger partial charge in [0.2, 0.25) is 0 Å². The summed E-state index contributed by atoms with van der Waals surface area (Å²) in [6.07, 6.45) is 5.48. The molecule has 116 valence electrons. The van der Waals surface area contributed by atoms with Crippen LogP contribution in [0.25, 0.3) is 0 Å². The van der Waals surface area contributed by atoms with E-state index in [0.29, 0.717) is 17.4 Å². The molecule has 1 aromatic heterocycles. The van der Waals surface area contributed by atoms with Crippen molar-refractivity contribution in [3.8, 4) is 0 Å². The first-order valence-electron chi connectivity index (χ1n) is 7.78. The summed E-state index contributed by atoms with van der Waals surface area (Å²) in [5.41, 5.74) is 1.16. The first kappa shape index (κ1) is 15.8. The number of hydrogen-bond acceptors (Lipinski definition) is 4. The van der Waals surface area contributed by atoms with Gasteiger partial charge in [0.1, 0.15) is 5.82 Å². The lowest BCUT2D eigenvalue weighted by Gasteiger charge is -2.32. The highest BCUT2D eigenvalue weighted by molar-refractivity contribution is 5.88. The van der Waals surface area contributed by atoms with Gasteiger partial charge >= 0.3 is 5.97 Å². The van der Waals surface area contributed by atoms with Crippen LogP contribution in [0.2, 0.25) is 0 Å². The van der Waals surface area contributed by atoms with Crippen molar-refractivity contribution in [2.45, 2.75) is 45.1 Å². The van der Waals surface area contributed by atoms with Gasteiger partial charge in [-0.05, 0) is 45.0 Å². The second-order valence-electron chi connectivity index (χ2n) is 5.80. The molecule has 1 aliphatic rings. The van der Waals surface area contributed by atoms with E-state index >= 15 is 0 Å². The molecule has 1 unspecified atom stereocenters. The molecule has 1 saturated heterocycles. The highest BCUT2D eigenvalue weighted by Crippen LogP contribution is 2.17. The number of nitrogens with zero attached hydrogens (tertiary/aromatic N) is 2. The minimum absolute atomic E-state index is 0.313. The monoisotopic (exact) mass is 291 g/mol. The molecule has 1 aliphatic heterocycles. The molecule has 5 nitrogen and oxygen atoms in total. The quantitative estimate of drug-likeness (QED) is 0.843. The largest absolute Gasteiger partial charge is 0.478 e. The van der Waals surface area contributed by atoms with Crippen LogP contribution in [0.1, 0.15) is 48.7 Å². The van der Waals surface area contributed by atoms with Crippen LogP contribution >= 0.6 is 0 Å². The molecule has 0 saturated carbocycles. The number of likely N-dealkylation sites (tertiary alicyclic amines) is 1. The summed E-state index contributed by atoms with van der Waals surface area (Å²) in [5.74, 6) is -0.218. The second kappa shape index (κ2) is 7.41. The summed E-state index contributed by atoms with van der Waals surface area (Å²) in [5, 5.41) is 12.5. The molecule has 0 aromatic carbocycles. The van der Waals surface area contributed by atoms with Gasteiger partial charge in [0, 0.05) is 18.3 Å². The Hall–Kier alpha value is -1.62. The predicted molar refractivity (Wildman–Crippen MR) is 84.0 cm³/mol. The summed E-state index contributed by atoms with van der Waals surface area (Å²) in [6, 6.07) is 3.80. The van der Waals surface area contributed by atoms with Gasteiger partial charge in [-0.3, -0.25) is 0 Å². The van der Waals surface area contributed by atoms with Crippen molar-refractivity contribution in [1.29, 1.82) is 0 Å². The maximum atomic E-state index is 11.2. The van der Waals surface area contributed by atoms with Crippen LogP contribution in [0.15, 0.2) is 12.1 Å². The van der Waals surface area contributed by atoms with Crippen molar-refractivity contribution in [2.75, 3.05) is 25.5 Å². The number of carboxylic acid groups (broad SMARTS) is 1. The summed E-state index contributed by atoms with van der Waals surface area (Å²) >= 11 is 0. The zero-order valence-electron chi connectivity index (χ0n) is 12.9. The fraction of sp³-hybridized carbons (Fsp3) is 0.625. The summed E-state index contributed by atoms with van der Waals surface area (Å²) < 4.78 is 0. The highest BCUT2D eigenvalue weighted by atomic mass is 16.4. The van der Waals surface area contributed by atoms with Gasteiger partial charge in [-0.1, -0.05) is 19.8 Å². The highest BCUT2D eigenvalue weighted by Gasteiger charge is 2.18. The van der Waals surface area contributed by atoms with E-state index in [4.69, 9.17) is 0 Å². The van der Waals surface area contributed by atoms with Crippen LogP contribution in [-0.2, 0) is 6.42 Å². The molecule has 1 fully saturated rings. The Bertz CT molecular complexity index is 490. The molecule has 0 spiro atoms. The lowest BCUT2D eigenvalue weighted by atomic mass is 10.0. The van der Waals surface area contributed by atoms with Crippen LogP contribution in [0.3, 0.4) is 0 Å². The van der Waals surface area contributed by atoms with Crippen molar-refractivity contribution < 1.29 is 9.90 Å². The lowest BCUT2D eigenvalue weighted by Crippen LogP contribution is -2.40. The number of piperidine rings is 1. The SMILES string of the molecule is CCCc1cc(C(=O)O)cc(NCC2CCCCN2C)n1. The number of hydrogen-bond donors (Lipinski definition) is 2.